The van der Waals surface area contributed by atoms with Crippen LogP contribution >= 0.6 is 63.0 Å². The van der Waals surface area contributed by atoms with E-state index >= 15 is 0 Å². The third-order valence-electron chi connectivity index (χ3n) is 2.52. The minimum absolute atomic E-state index is 0. The van der Waals surface area contributed by atoms with Crippen LogP contribution in [0.5, 0.6) is 0 Å². The first-order valence-corrected chi connectivity index (χ1v) is 8.54. The summed E-state index contributed by atoms with van der Waals surface area (Å²) in [5, 5.41) is 6.66. The molecule has 1 rings (SSSR count). The van der Waals surface area contributed by atoms with E-state index in [1.807, 2.05) is 11.8 Å². The summed E-state index contributed by atoms with van der Waals surface area (Å²) in [6.07, 6.45) is 2.13. The summed E-state index contributed by atoms with van der Waals surface area (Å²) in [5.74, 6) is 0.849. The zero-order valence-corrected chi connectivity index (χ0v) is 17.2. The molecule has 0 aromatic carbocycles. The number of rotatable bonds is 5. The number of hydrogen-bond acceptors (Lipinski definition) is 3. The molecule has 0 aliphatic carbocycles. The molecule has 1 aromatic heterocycles. The van der Waals surface area contributed by atoms with Crippen LogP contribution in [0.15, 0.2) is 20.9 Å². The number of halogens is 2. The van der Waals surface area contributed by atoms with Gasteiger partial charge in [0.25, 0.3) is 0 Å². The number of aliphatic imine (C=N–C) groups is 1. The molecule has 7 heteroatoms. The van der Waals surface area contributed by atoms with Gasteiger partial charge in [-0.25, -0.2) is 0 Å². The van der Waals surface area contributed by atoms with Crippen molar-refractivity contribution < 1.29 is 0 Å². The molecule has 1 aromatic rings. The van der Waals surface area contributed by atoms with Crippen LogP contribution in [-0.2, 0) is 6.54 Å². The van der Waals surface area contributed by atoms with Crippen molar-refractivity contribution in [2.75, 3.05) is 19.8 Å². The molecule has 3 nitrogen and oxygen atoms in total. The van der Waals surface area contributed by atoms with E-state index in [0.717, 1.165) is 22.8 Å². The summed E-state index contributed by atoms with van der Waals surface area (Å²) >= 11 is 7.05. The number of thioether (sulfide) groups is 1. The van der Waals surface area contributed by atoms with Gasteiger partial charge in [0.15, 0.2) is 5.96 Å². The second-order valence-corrected chi connectivity index (χ2v) is 8.51. The highest BCUT2D eigenvalue weighted by molar-refractivity contribution is 14.0. The van der Waals surface area contributed by atoms with E-state index in [4.69, 9.17) is 0 Å². The highest BCUT2D eigenvalue weighted by Gasteiger charge is 2.16. The summed E-state index contributed by atoms with van der Waals surface area (Å²) in [5.41, 5.74) is 0. The number of hydrogen-bond donors (Lipinski definition) is 2. The molecule has 0 saturated heterocycles. The van der Waals surface area contributed by atoms with Crippen molar-refractivity contribution in [1.29, 1.82) is 0 Å². The van der Waals surface area contributed by atoms with Crippen LogP contribution in [0.4, 0.5) is 0 Å². The molecule has 0 unspecified atom stereocenters. The average Bonchev–Trinajstić information content (AvgIpc) is 2.75. The summed E-state index contributed by atoms with van der Waals surface area (Å²) in [6, 6.07) is 4.18. The van der Waals surface area contributed by atoms with Gasteiger partial charge in [0.2, 0.25) is 0 Å². The van der Waals surface area contributed by atoms with Crippen molar-refractivity contribution in [3.05, 3.63) is 20.8 Å². The van der Waals surface area contributed by atoms with Gasteiger partial charge in [0.1, 0.15) is 0 Å². The van der Waals surface area contributed by atoms with Crippen molar-refractivity contribution in [2.45, 2.75) is 25.1 Å². The van der Waals surface area contributed by atoms with Crippen LogP contribution in [-0.4, -0.2) is 30.6 Å². The number of nitrogens with one attached hydrogen (secondary N) is 2. The number of guanidine groups is 1. The van der Waals surface area contributed by atoms with E-state index in [1.54, 1.807) is 18.4 Å². The lowest BCUT2D eigenvalue weighted by molar-refractivity contribution is 0.665. The normalized spacial score (nSPS) is 11.9. The first-order chi connectivity index (χ1) is 8.46. The Bertz CT molecular complexity index is 407. The first-order valence-electron chi connectivity index (χ1n) is 5.71. The minimum atomic E-state index is 0. The molecule has 0 saturated carbocycles. The number of nitrogens with zero attached hydrogens (tertiary/aromatic N) is 1. The van der Waals surface area contributed by atoms with E-state index in [0.29, 0.717) is 0 Å². The van der Waals surface area contributed by atoms with Gasteiger partial charge in [-0.2, -0.15) is 11.8 Å². The molecular formula is C12H21BrIN3S2. The van der Waals surface area contributed by atoms with E-state index in [1.165, 1.54) is 4.88 Å². The summed E-state index contributed by atoms with van der Waals surface area (Å²) in [4.78, 5) is 5.51. The van der Waals surface area contributed by atoms with E-state index < -0.39 is 0 Å². The molecule has 110 valence electrons. The molecule has 19 heavy (non-hydrogen) atoms. The summed E-state index contributed by atoms with van der Waals surface area (Å²) in [7, 11) is 1.80. The summed E-state index contributed by atoms with van der Waals surface area (Å²) in [6.45, 7) is 6.13. The fraction of sp³-hybridized carbons (Fsp3) is 0.583. The van der Waals surface area contributed by atoms with Crippen LogP contribution in [0.1, 0.15) is 18.7 Å². The van der Waals surface area contributed by atoms with Crippen molar-refractivity contribution in [2.24, 2.45) is 4.99 Å². The molecule has 0 aliphatic heterocycles. The maximum atomic E-state index is 4.23. The van der Waals surface area contributed by atoms with Crippen molar-refractivity contribution >= 4 is 69.0 Å². The average molecular weight is 478 g/mol. The molecule has 2 N–H and O–H groups in total. The maximum absolute atomic E-state index is 4.23. The zero-order chi connectivity index (χ0) is 13.6. The topological polar surface area (TPSA) is 36.4 Å². The van der Waals surface area contributed by atoms with E-state index in [9.17, 15) is 0 Å². The highest BCUT2D eigenvalue weighted by atomic mass is 127. The molecule has 0 aliphatic rings. The van der Waals surface area contributed by atoms with Gasteiger partial charge in [-0.1, -0.05) is 0 Å². The van der Waals surface area contributed by atoms with E-state index in [-0.39, 0.29) is 28.7 Å². The lowest BCUT2D eigenvalue weighted by Crippen LogP contribution is -2.42. The molecule has 0 fully saturated rings. The largest absolute Gasteiger partial charge is 0.355 e. The Morgan fingerprint density at radius 2 is 2.11 bits per heavy atom. The fourth-order valence-corrected chi connectivity index (χ4v) is 2.85. The Kier molecular flexibility index (Phi) is 9.73. The lowest BCUT2D eigenvalue weighted by Gasteiger charge is -2.23. The first kappa shape index (κ1) is 19.5. The predicted octanol–water partition coefficient (Wildman–Crippen LogP) is 3.94. The van der Waals surface area contributed by atoms with Crippen LogP contribution in [0.2, 0.25) is 0 Å². The van der Waals surface area contributed by atoms with Gasteiger partial charge in [-0.15, -0.1) is 35.3 Å². The molecule has 0 radical (unpaired) electrons. The highest BCUT2D eigenvalue weighted by Crippen LogP contribution is 2.22. The summed E-state index contributed by atoms with van der Waals surface area (Å²) < 4.78 is 1.37. The molecule has 0 atom stereocenters. The molecule has 0 spiro atoms. The SMILES string of the molecule is CN=C(NCc1ccc(Br)s1)NCC(C)(C)SC.I. The maximum Gasteiger partial charge on any atom is 0.191 e. The second-order valence-electron chi connectivity index (χ2n) is 4.45. The van der Waals surface area contributed by atoms with Crippen molar-refractivity contribution in [3.63, 3.8) is 0 Å². The fourth-order valence-electron chi connectivity index (χ4n) is 1.21. The Hall–Kier alpha value is 0.530. The standard InChI is InChI=1S/C12H20BrN3S2.HI/c1-12(2,17-4)8-16-11(14-3)15-7-9-5-6-10(13)18-9;/h5-6H,7-8H2,1-4H3,(H2,14,15,16);1H. The Labute approximate surface area is 149 Å². The van der Waals surface area contributed by atoms with Crippen molar-refractivity contribution in [3.8, 4) is 0 Å². The van der Waals surface area contributed by atoms with Gasteiger partial charge in [-0.3, -0.25) is 4.99 Å². The van der Waals surface area contributed by atoms with Crippen LogP contribution < -0.4 is 10.6 Å². The Balaban J connectivity index is 0.00000324. The third kappa shape index (κ3) is 7.77. The minimum Gasteiger partial charge on any atom is -0.355 e. The third-order valence-corrected chi connectivity index (χ3v) is 5.39. The molecule has 0 amide bonds. The van der Waals surface area contributed by atoms with Gasteiger partial charge in [0, 0.05) is 23.2 Å². The van der Waals surface area contributed by atoms with Crippen LogP contribution in [0.3, 0.4) is 0 Å². The predicted molar refractivity (Wildman–Crippen MR) is 103 cm³/mol. The van der Waals surface area contributed by atoms with Crippen LogP contribution in [0.25, 0.3) is 0 Å². The van der Waals surface area contributed by atoms with Gasteiger partial charge in [-0.05, 0) is 48.2 Å². The quantitative estimate of drug-likeness (QED) is 0.383. The molecule has 0 bridgehead atoms. The Morgan fingerprint density at radius 1 is 1.42 bits per heavy atom. The van der Waals surface area contributed by atoms with Gasteiger partial charge < -0.3 is 10.6 Å². The number of thiophene rings is 1. The second kappa shape index (κ2) is 9.46. The Morgan fingerprint density at radius 3 is 2.58 bits per heavy atom. The van der Waals surface area contributed by atoms with Crippen LogP contribution in [0, 0.1) is 0 Å². The smallest absolute Gasteiger partial charge is 0.191 e. The van der Waals surface area contributed by atoms with Gasteiger partial charge in [0.05, 0.1) is 10.3 Å². The van der Waals surface area contributed by atoms with E-state index in [2.05, 4.69) is 63.8 Å². The molecular weight excluding hydrogens is 457 g/mol. The monoisotopic (exact) mass is 477 g/mol. The lowest BCUT2D eigenvalue weighted by atomic mass is 10.2. The van der Waals surface area contributed by atoms with Gasteiger partial charge >= 0.3 is 0 Å². The zero-order valence-electron chi connectivity index (χ0n) is 11.6. The van der Waals surface area contributed by atoms with Crippen molar-refractivity contribution in [1.82, 2.24) is 10.6 Å². The molecule has 1 heterocycles.